The van der Waals surface area contributed by atoms with Gasteiger partial charge >= 0.3 is 0 Å². The molecule has 1 heterocycles. The summed E-state index contributed by atoms with van der Waals surface area (Å²) < 4.78 is 32.5. The average molecular weight is 397 g/mol. The monoisotopic (exact) mass is 397 g/mol. The SMILES string of the molecule is COc1ccc(N(CC(=O)Nc2ccccc2)S(=O)(=O)c2cccnc2)cc1. The van der Waals surface area contributed by atoms with Crippen molar-refractivity contribution in [2.45, 2.75) is 4.90 Å². The van der Waals surface area contributed by atoms with Crippen molar-refractivity contribution in [3.63, 3.8) is 0 Å². The molecule has 7 nitrogen and oxygen atoms in total. The number of carbonyl (C=O) groups is 1. The second-order valence-electron chi connectivity index (χ2n) is 5.81. The maximum Gasteiger partial charge on any atom is 0.266 e. The molecule has 0 atom stereocenters. The molecule has 0 unspecified atom stereocenters. The van der Waals surface area contributed by atoms with E-state index in [1.54, 1.807) is 48.5 Å². The van der Waals surface area contributed by atoms with E-state index < -0.39 is 22.5 Å². The molecule has 0 bridgehead atoms. The highest BCUT2D eigenvalue weighted by atomic mass is 32.2. The minimum Gasteiger partial charge on any atom is -0.497 e. The van der Waals surface area contributed by atoms with Gasteiger partial charge in [0.15, 0.2) is 0 Å². The normalized spacial score (nSPS) is 10.9. The maximum absolute atomic E-state index is 13.1. The quantitative estimate of drug-likeness (QED) is 0.662. The van der Waals surface area contributed by atoms with Gasteiger partial charge in [-0.3, -0.25) is 14.1 Å². The van der Waals surface area contributed by atoms with Crippen LogP contribution in [0.2, 0.25) is 0 Å². The second kappa shape index (κ2) is 8.53. The highest BCUT2D eigenvalue weighted by Gasteiger charge is 2.27. The van der Waals surface area contributed by atoms with Gasteiger partial charge in [-0.2, -0.15) is 0 Å². The predicted molar refractivity (Wildman–Crippen MR) is 107 cm³/mol. The molecule has 1 N–H and O–H groups in total. The number of rotatable bonds is 7. The second-order valence-corrected chi connectivity index (χ2v) is 7.67. The Morgan fingerprint density at radius 2 is 1.75 bits per heavy atom. The van der Waals surface area contributed by atoms with Crippen LogP contribution in [0.3, 0.4) is 0 Å². The molecule has 0 aliphatic rings. The molecular formula is C20H19N3O4S. The number of para-hydroxylation sites is 1. The summed E-state index contributed by atoms with van der Waals surface area (Å²) in [6.45, 7) is -0.390. The van der Waals surface area contributed by atoms with E-state index in [1.807, 2.05) is 6.07 Å². The highest BCUT2D eigenvalue weighted by Crippen LogP contribution is 2.25. The number of hydrogen-bond donors (Lipinski definition) is 1. The van der Waals surface area contributed by atoms with Crippen LogP contribution in [0, 0.1) is 0 Å². The van der Waals surface area contributed by atoms with Crippen LogP contribution in [0.25, 0.3) is 0 Å². The van der Waals surface area contributed by atoms with E-state index in [0.29, 0.717) is 17.1 Å². The molecule has 8 heteroatoms. The van der Waals surface area contributed by atoms with Gasteiger partial charge in [0.2, 0.25) is 5.91 Å². The molecule has 0 fully saturated rings. The molecule has 0 saturated heterocycles. The molecule has 0 spiro atoms. The van der Waals surface area contributed by atoms with E-state index in [4.69, 9.17) is 4.74 Å². The van der Waals surface area contributed by atoms with Crippen LogP contribution in [-0.2, 0) is 14.8 Å². The van der Waals surface area contributed by atoms with Crippen LogP contribution >= 0.6 is 0 Å². The van der Waals surface area contributed by atoms with E-state index in [9.17, 15) is 13.2 Å². The van der Waals surface area contributed by atoms with Crippen LogP contribution in [0.1, 0.15) is 0 Å². The first-order chi connectivity index (χ1) is 13.5. The lowest BCUT2D eigenvalue weighted by molar-refractivity contribution is -0.114. The number of nitrogens with zero attached hydrogens (tertiary/aromatic N) is 2. The molecule has 0 aliphatic heterocycles. The van der Waals surface area contributed by atoms with Gasteiger partial charge in [-0.1, -0.05) is 18.2 Å². The molecule has 1 aromatic heterocycles. The standard InChI is InChI=1S/C20H19N3O4S/c1-27-18-11-9-17(10-12-18)23(28(25,26)19-8-5-13-21-14-19)15-20(24)22-16-6-3-2-4-7-16/h2-14H,15H2,1H3,(H,22,24). The van der Waals surface area contributed by atoms with Crippen molar-refractivity contribution in [2.75, 3.05) is 23.3 Å². The highest BCUT2D eigenvalue weighted by molar-refractivity contribution is 7.92. The predicted octanol–water partition coefficient (Wildman–Crippen LogP) is 2.92. The number of nitrogens with one attached hydrogen (secondary N) is 1. The maximum atomic E-state index is 13.1. The lowest BCUT2D eigenvalue weighted by atomic mass is 10.3. The Morgan fingerprint density at radius 3 is 2.36 bits per heavy atom. The van der Waals surface area contributed by atoms with Crippen molar-refractivity contribution in [2.24, 2.45) is 0 Å². The largest absolute Gasteiger partial charge is 0.497 e. The number of hydrogen-bond acceptors (Lipinski definition) is 5. The molecule has 3 aromatic rings. The first-order valence-corrected chi connectivity index (χ1v) is 9.86. The van der Waals surface area contributed by atoms with Gasteiger partial charge in [0.1, 0.15) is 17.2 Å². The Balaban J connectivity index is 1.93. The number of sulfonamides is 1. The number of carbonyl (C=O) groups excluding carboxylic acids is 1. The number of benzene rings is 2. The van der Waals surface area contributed by atoms with Crippen LogP contribution < -0.4 is 14.4 Å². The zero-order valence-electron chi connectivity index (χ0n) is 15.1. The Bertz CT molecular complexity index is 1020. The zero-order valence-corrected chi connectivity index (χ0v) is 16.0. The van der Waals surface area contributed by atoms with E-state index >= 15 is 0 Å². The molecule has 2 aromatic carbocycles. The van der Waals surface area contributed by atoms with Crippen LogP contribution in [0.4, 0.5) is 11.4 Å². The summed E-state index contributed by atoms with van der Waals surface area (Å²) in [5.74, 6) is 0.116. The topological polar surface area (TPSA) is 88.6 Å². The smallest absolute Gasteiger partial charge is 0.266 e. The van der Waals surface area contributed by atoms with Gasteiger partial charge in [0, 0.05) is 18.1 Å². The van der Waals surface area contributed by atoms with E-state index in [2.05, 4.69) is 10.3 Å². The molecule has 3 rings (SSSR count). The first kappa shape index (κ1) is 19.4. The van der Waals surface area contributed by atoms with Crippen LogP contribution in [-0.4, -0.2) is 33.0 Å². The fraction of sp³-hybridized carbons (Fsp3) is 0.100. The van der Waals surface area contributed by atoms with Crippen molar-refractivity contribution >= 4 is 27.3 Å². The van der Waals surface area contributed by atoms with E-state index in [0.717, 1.165) is 4.31 Å². The first-order valence-electron chi connectivity index (χ1n) is 8.42. The van der Waals surface area contributed by atoms with E-state index in [-0.39, 0.29) is 4.90 Å². The Kier molecular flexibility index (Phi) is 5.90. The summed E-state index contributed by atoms with van der Waals surface area (Å²) >= 11 is 0. The number of methoxy groups -OCH3 is 1. The third-order valence-corrected chi connectivity index (χ3v) is 5.68. The average Bonchev–Trinajstić information content (AvgIpc) is 2.73. The summed E-state index contributed by atoms with van der Waals surface area (Å²) in [5, 5.41) is 2.70. The molecular weight excluding hydrogens is 378 g/mol. The molecule has 1 amide bonds. The van der Waals surface area contributed by atoms with Crippen LogP contribution in [0.15, 0.2) is 84.0 Å². The van der Waals surface area contributed by atoms with Crippen molar-refractivity contribution in [1.29, 1.82) is 0 Å². The minimum atomic E-state index is -3.99. The lowest BCUT2D eigenvalue weighted by Crippen LogP contribution is -2.38. The number of anilines is 2. The Hall–Kier alpha value is -3.39. The van der Waals surface area contributed by atoms with Gasteiger partial charge in [-0.05, 0) is 48.5 Å². The van der Waals surface area contributed by atoms with Gasteiger partial charge in [-0.25, -0.2) is 8.42 Å². The van der Waals surface area contributed by atoms with Gasteiger partial charge < -0.3 is 10.1 Å². The summed E-state index contributed by atoms with van der Waals surface area (Å²) in [6, 6.07) is 18.3. The minimum absolute atomic E-state index is 0.00155. The summed E-state index contributed by atoms with van der Waals surface area (Å²) in [4.78, 5) is 16.4. The summed E-state index contributed by atoms with van der Waals surface area (Å²) in [5.41, 5.74) is 0.925. The summed E-state index contributed by atoms with van der Waals surface area (Å²) in [7, 11) is -2.47. The van der Waals surface area contributed by atoms with Crippen LogP contribution in [0.5, 0.6) is 5.75 Å². The third-order valence-electron chi connectivity index (χ3n) is 3.93. The van der Waals surface area contributed by atoms with Gasteiger partial charge in [-0.15, -0.1) is 0 Å². The van der Waals surface area contributed by atoms with Crippen molar-refractivity contribution in [3.8, 4) is 5.75 Å². The van der Waals surface area contributed by atoms with Crippen molar-refractivity contribution in [1.82, 2.24) is 4.98 Å². The fourth-order valence-corrected chi connectivity index (χ4v) is 3.93. The number of pyridine rings is 1. The van der Waals surface area contributed by atoms with E-state index in [1.165, 1.54) is 31.6 Å². The molecule has 0 radical (unpaired) electrons. The van der Waals surface area contributed by atoms with Gasteiger partial charge in [0.05, 0.1) is 12.8 Å². The Morgan fingerprint density at radius 1 is 1.04 bits per heavy atom. The molecule has 144 valence electrons. The molecule has 0 aliphatic carbocycles. The summed E-state index contributed by atoms with van der Waals surface area (Å²) in [6.07, 6.45) is 2.74. The fourth-order valence-electron chi connectivity index (χ4n) is 2.54. The van der Waals surface area contributed by atoms with Crippen molar-refractivity contribution in [3.05, 3.63) is 79.1 Å². The number of ether oxygens (including phenoxy) is 1. The molecule has 28 heavy (non-hydrogen) atoms. The Labute approximate surface area is 163 Å². The molecule has 0 saturated carbocycles. The number of aromatic nitrogens is 1. The van der Waals surface area contributed by atoms with Gasteiger partial charge in [0.25, 0.3) is 10.0 Å². The zero-order chi connectivity index (χ0) is 20.0. The number of amides is 1. The lowest BCUT2D eigenvalue weighted by Gasteiger charge is -2.24. The van der Waals surface area contributed by atoms with Crippen molar-refractivity contribution < 1.29 is 17.9 Å². The third kappa shape index (κ3) is 4.47.